The van der Waals surface area contributed by atoms with E-state index < -0.39 is 5.97 Å². The Morgan fingerprint density at radius 3 is 2.42 bits per heavy atom. The minimum absolute atomic E-state index is 0.0603. The van der Waals surface area contributed by atoms with Crippen molar-refractivity contribution in [2.24, 2.45) is 11.8 Å². The Labute approximate surface area is 115 Å². The number of amides is 2. The third-order valence-electron chi connectivity index (χ3n) is 2.73. The van der Waals surface area contributed by atoms with E-state index in [2.05, 4.69) is 16.6 Å². The molecule has 2 amide bonds. The lowest BCUT2D eigenvalue weighted by Crippen LogP contribution is -2.43. The van der Waals surface area contributed by atoms with E-state index in [1.807, 2.05) is 20.8 Å². The second-order valence-corrected chi connectivity index (χ2v) is 5.08. The number of hydrogen-bond donors (Lipinski definition) is 3. The van der Waals surface area contributed by atoms with Crippen LogP contribution < -0.4 is 10.6 Å². The van der Waals surface area contributed by atoms with Crippen molar-refractivity contribution in [1.82, 2.24) is 10.6 Å². The summed E-state index contributed by atoms with van der Waals surface area (Å²) in [6, 6.07) is -0.632. The highest BCUT2D eigenvalue weighted by Gasteiger charge is 2.16. The average Bonchev–Trinajstić information content (AvgIpc) is 2.31. The maximum absolute atomic E-state index is 11.6. The standard InChI is InChI=1S/C14H24N2O3/c1-5-12(6-2)16-14(19)15-9-11(7-10(3)4)8-13(17)18/h1,10-12H,6-9H2,2-4H3,(H,17,18)(H2,15,16,19). The van der Waals surface area contributed by atoms with Crippen LogP contribution in [0, 0.1) is 24.2 Å². The molecule has 0 rings (SSSR count). The van der Waals surface area contributed by atoms with Crippen LogP contribution in [0.15, 0.2) is 0 Å². The van der Waals surface area contributed by atoms with Crippen LogP contribution in [0.4, 0.5) is 4.79 Å². The number of urea groups is 1. The Morgan fingerprint density at radius 1 is 1.37 bits per heavy atom. The molecule has 0 fully saturated rings. The molecule has 2 unspecified atom stereocenters. The summed E-state index contributed by atoms with van der Waals surface area (Å²) in [5.41, 5.74) is 0. The first kappa shape index (κ1) is 17.3. The van der Waals surface area contributed by atoms with E-state index in [4.69, 9.17) is 11.5 Å². The highest BCUT2D eigenvalue weighted by atomic mass is 16.4. The largest absolute Gasteiger partial charge is 0.481 e. The fourth-order valence-corrected chi connectivity index (χ4v) is 1.86. The zero-order valence-corrected chi connectivity index (χ0v) is 11.9. The molecule has 0 saturated carbocycles. The molecule has 0 spiro atoms. The average molecular weight is 268 g/mol. The van der Waals surface area contributed by atoms with Crippen LogP contribution in [0.25, 0.3) is 0 Å². The normalized spacial score (nSPS) is 13.4. The maximum Gasteiger partial charge on any atom is 0.315 e. The van der Waals surface area contributed by atoms with Crippen molar-refractivity contribution in [2.45, 2.75) is 46.1 Å². The van der Waals surface area contributed by atoms with Crippen molar-refractivity contribution in [3.8, 4) is 12.3 Å². The summed E-state index contributed by atoms with van der Waals surface area (Å²) in [6.45, 7) is 6.29. The quantitative estimate of drug-likeness (QED) is 0.588. The Bertz CT molecular complexity index is 334. The SMILES string of the molecule is C#CC(CC)NC(=O)NCC(CC(=O)O)CC(C)C. The number of hydrogen-bond acceptors (Lipinski definition) is 2. The molecule has 5 nitrogen and oxygen atoms in total. The second kappa shape index (κ2) is 9.26. The topological polar surface area (TPSA) is 78.4 Å². The van der Waals surface area contributed by atoms with Gasteiger partial charge in [0.2, 0.25) is 0 Å². The first-order chi connectivity index (χ1) is 8.88. The molecule has 108 valence electrons. The van der Waals surface area contributed by atoms with Crippen molar-refractivity contribution in [1.29, 1.82) is 0 Å². The van der Waals surface area contributed by atoms with Crippen molar-refractivity contribution in [3.05, 3.63) is 0 Å². The predicted molar refractivity (Wildman–Crippen MR) is 74.6 cm³/mol. The van der Waals surface area contributed by atoms with Gasteiger partial charge in [-0.1, -0.05) is 26.7 Å². The first-order valence-electron chi connectivity index (χ1n) is 6.61. The Morgan fingerprint density at radius 2 is 2.00 bits per heavy atom. The number of carboxylic acid groups (broad SMARTS) is 1. The molecule has 0 heterocycles. The molecule has 3 N–H and O–H groups in total. The van der Waals surface area contributed by atoms with E-state index in [1.165, 1.54) is 0 Å². The minimum Gasteiger partial charge on any atom is -0.481 e. The summed E-state index contributed by atoms with van der Waals surface area (Å²) < 4.78 is 0. The molecule has 0 saturated heterocycles. The molecular formula is C14H24N2O3. The Hall–Kier alpha value is -1.70. The van der Waals surface area contributed by atoms with E-state index in [0.29, 0.717) is 18.9 Å². The highest BCUT2D eigenvalue weighted by molar-refractivity contribution is 5.74. The smallest absolute Gasteiger partial charge is 0.315 e. The van der Waals surface area contributed by atoms with Crippen LogP contribution >= 0.6 is 0 Å². The van der Waals surface area contributed by atoms with Gasteiger partial charge in [0.25, 0.3) is 0 Å². The summed E-state index contributed by atoms with van der Waals surface area (Å²) >= 11 is 0. The summed E-state index contributed by atoms with van der Waals surface area (Å²) in [5.74, 6) is 1.96. The van der Waals surface area contributed by atoms with Gasteiger partial charge in [-0.05, 0) is 24.7 Å². The summed E-state index contributed by atoms with van der Waals surface area (Å²) in [7, 11) is 0. The third-order valence-corrected chi connectivity index (χ3v) is 2.73. The molecule has 0 aromatic carbocycles. The van der Waals surface area contributed by atoms with Crippen molar-refractivity contribution in [3.63, 3.8) is 0 Å². The molecule has 0 aromatic rings. The molecule has 0 aromatic heterocycles. The van der Waals surface area contributed by atoms with Gasteiger partial charge in [0.15, 0.2) is 0 Å². The Balaban J connectivity index is 4.19. The van der Waals surface area contributed by atoms with Gasteiger partial charge in [-0.3, -0.25) is 4.79 Å². The first-order valence-corrected chi connectivity index (χ1v) is 6.61. The van der Waals surface area contributed by atoms with Crippen LogP contribution in [-0.2, 0) is 4.79 Å². The molecule has 0 radical (unpaired) electrons. The summed E-state index contributed by atoms with van der Waals surface area (Å²) in [5, 5.41) is 14.2. The van der Waals surface area contributed by atoms with Gasteiger partial charge in [-0.2, -0.15) is 0 Å². The van der Waals surface area contributed by atoms with Gasteiger partial charge in [0.1, 0.15) is 0 Å². The predicted octanol–water partition coefficient (Wildman–Crippen LogP) is 1.83. The van der Waals surface area contributed by atoms with Crippen molar-refractivity contribution < 1.29 is 14.7 Å². The molecule has 2 atom stereocenters. The van der Waals surface area contributed by atoms with E-state index in [-0.39, 0.29) is 24.4 Å². The highest BCUT2D eigenvalue weighted by Crippen LogP contribution is 2.14. The fourth-order valence-electron chi connectivity index (χ4n) is 1.86. The molecular weight excluding hydrogens is 244 g/mol. The van der Waals surface area contributed by atoms with E-state index >= 15 is 0 Å². The van der Waals surface area contributed by atoms with E-state index in [0.717, 1.165) is 6.42 Å². The molecule has 0 aliphatic rings. The maximum atomic E-state index is 11.6. The third kappa shape index (κ3) is 8.95. The van der Waals surface area contributed by atoms with E-state index in [1.54, 1.807) is 0 Å². The lowest BCUT2D eigenvalue weighted by molar-refractivity contribution is -0.138. The zero-order valence-electron chi connectivity index (χ0n) is 11.9. The van der Waals surface area contributed by atoms with Crippen LogP contribution in [0.1, 0.15) is 40.0 Å². The van der Waals surface area contributed by atoms with E-state index in [9.17, 15) is 9.59 Å². The van der Waals surface area contributed by atoms with Crippen LogP contribution in [-0.4, -0.2) is 29.7 Å². The molecule has 0 aliphatic heterocycles. The van der Waals surface area contributed by atoms with Gasteiger partial charge < -0.3 is 15.7 Å². The second-order valence-electron chi connectivity index (χ2n) is 5.08. The lowest BCUT2D eigenvalue weighted by Gasteiger charge is -2.19. The number of rotatable bonds is 8. The van der Waals surface area contributed by atoms with Crippen LogP contribution in [0.5, 0.6) is 0 Å². The molecule has 5 heteroatoms. The zero-order chi connectivity index (χ0) is 14.8. The molecule has 0 aliphatic carbocycles. The number of aliphatic carboxylic acids is 1. The summed E-state index contributed by atoms with van der Waals surface area (Å²) in [4.78, 5) is 22.3. The van der Waals surface area contributed by atoms with Crippen LogP contribution in [0.2, 0.25) is 0 Å². The number of carbonyl (C=O) groups is 2. The molecule has 0 bridgehead atoms. The summed E-state index contributed by atoms with van der Waals surface area (Å²) in [6.07, 6.45) is 6.73. The van der Waals surface area contributed by atoms with Gasteiger partial charge in [0, 0.05) is 13.0 Å². The van der Waals surface area contributed by atoms with Gasteiger partial charge in [-0.25, -0.2) is 4.79 Å². The van der Waals surface area contributed by atoms with Crippen LogP contribution in [0.3, 0.4) is 0 Å². The van der Waals surface area contributed by atoms with Gasteiger partial charge >= 0.3 is 12.0 Å². The fraction of sp³-hybridized carbons (Fsp3) is 0.714. The van der Waals surface area contributed by atoms with Gasteiger partial charge in [-0.15, -0.1) is 6.42 Å². The Kier molecular flexibility index (Phi) is 8.43. The number of carboxylic acids is 1. The minimum atomic E-state index is -0.845. The number of carbonyl (C=O) groups excluding carboxylic acids is 1. The van der Waals surface area contributed by atoms with Gasteiger partial charge in [0.05, 0.1) is 6.04 Å². The van der Waals surface area contributed by atoms with Crippen molar-refractivity contribution in [2.75, 3.05) is 6.54 Å². The van der Waals surface area contributed by atoms with Crippen molar-refractivity contribution >= 4 is 12.0 Å². The molecule has 19 heavy (non-hydrogen) atoms. The lowest BCUT2D eigenvalue weighted by atomic mass is 9.94. The number of terminal acetylenes is 1. The monoisotopic (exact) mass is 268 g/mol. The number of nitrogens with one attached hydrogen (secondary N) is 2.